The molecule has 6 heteroatoms. The third kappa shape index (κ3) is 36.0. The Bertz CT molecular complexity index is 103. The first kappa shape index (κ1) is 31.5. The molecule has 4 N–H and O–H groups in total. The second kappa shape index (κ2) is 30.9. The van der Waals surface area contributed by atoms with E-state index in [1.807, 2.05) is 14.1 Å². The van der Waals surface area contributed by atoms with E-state index in [0.717, 1.165) is 13.1 Å². The fraction of sp³-hybridized carbons (Fsp3) is 1.00. The topological polar surface area (TPSA) is 50.1 Å². The molecule has 1 aliphatic rings. The van der Waals surface area contributed by atoms with Crippen LogP contribution in [0.2, 0.25) is 0 Å². The van der Waals surface area contributed by atoms with E-state index in [0.29, 0.717) is 6.04 Å². The molecule has 1 rings (SSSR count). The summed E-state index contributed by atoms with van der Waals surface area (Å²) in [6.45, 7) is 6.39. The van der Waals surface area contributed by atoms with Crippen LogP contribution >= 0.6 is 46.4 Å². The molecule has 0 aromatic carbocycles. The van der Waals surface area contributed by atoms with Crippen LogP contribution in [0.25, 0.3) is 0 Å². The summed E-state index contributed by atoms with van der Waals surface area (Å²) in [5.41, 5.74) is 5.63. The minimum atomic E-state index is 0. The smallest absolute Gasteiger partial charge is 0.00388 e. The molecule has 118 valence electrons. The van der Waals surface area contributed by atoms with E-state index in [2.05, 4.69) is 24.5 Å². The van der Waals surface area contributed by atoms with Crippen molar-refractivity contribution < 1.29 is 0 Å². The van der Waals surface area contributed by atoms with Crippen molar-refractivity contribution in [2.75, 3.05) is 27.2 Å². The maximum absolute atomic E-state index is 5.63. The zero-order chi connectivity index (χ0) is 11.9. The van der Waals surface area contributed by atoms with Gasteiger partial charge in [0.25, 0.3) is 0 Å². The summed E-state index contributed by atoms with van der Waals surface area (Å²) >= 11 is 0. The number of nitrogens with one attached hydrogen (secondary N) is 2. The van der Waals surface area contributed by atoms with Gasteiger partial charge >= 0.3 is 0 Å². The molecule has 0 saturated heterocycles. The minimum Gasteiger partial charge on any atom is -0.328 e. The summed E-state index contributed by atoms with van der Waals surface area (Å²) in [5, 5.41) is 5.86. The normalized spacial score (nSPS) is 13.2. The van der Waals surface area contributed by atoms with Gasteiger partial charge in [0, 0.05) is 6.04 Å². The molecule has 0 aromatic heterocycles. The number of rotatable bonds is 2. The Kier molecular flexibility index (Phi) is 54.0. The number of nitrogens with two attached hydrogens (primary N) is 1. The molecule has 0 atom stereocenters. The molecule has 1 fully saturated rings. The molecular formula is C12H34Br2ClN3. The molecule has 0 unspecified atom stereocenters. The monoisotopic (exact) mass is 413 g/mol. The summed E-state index contributed by atoms with van der Waals surface area (Å²) < 4.78 is 0. The molecule has 0 heterocycles. The Labute approximate surface area is 141 Å². The van der Waals surface area contributed by atoms with Crippen molar-refractivity contribution in [1.29, 1.82) is 0 Å². The van der Waals surface area contributed by atoms with E-state index in [1.165, 1.54) is 32.1 Å². The average molecular weight is 416 g/mol. The van der Waals surface area contributed by atoms with E-state index in [-0.39, 0.29) is 46.4 Å². The van der Waals surface area contributed by atoms with Crippen molar-refractivity contribution in [1.82, 2.24) is 10.6 Å². The van der Waals surface area contributed by atoms with Gasteiger partial charge in [0.15, 0.2) is 0 Å². The lowest BCUT2D eigenvalue weighted by molar-refractivity contribution is 0.441. The minimum absolute atomic E-state index is 0. The van der Waals surface area contributed by atoms with Crippen molar-refractivity contribution in [3.05, 3.63) is 0 Å². The molecule has 3 nitrogen and oxygen atoms in total. The SMILES string of the molecule is Br.Br.CCNCC.CNC.Cl.NC1CCCCC1. The standard InChI is InChI=1S/C6H13N.C4H11N.C2H7N.2BrH.ClH/c7-6-4-2-1-3-5-6;1-3-5-4-2;1-3-2;;;/h6H,1-5,7H2;5H,3-4H2,1-2H3;3H,1-2H3;3*1H. The summed E-state index contributed by atoms with van der Waals surface area (Å²) in [6.07, 6.45) is 6.66. The number of halogens is 3. The van der Waals surface area contributed by atoms with Crippen LogP contribution in [0.4, 0.5) is 0 Å². The van der Waals surface area contributed by atoms with E-state index in [1.54, 1.807) is 0 Å². The van der Waals surface area contributed by atoms with Crippen molar-refractivity contribution in [3.8, 4) is 0 Å². The van der Waals surface area contributed by atoms with Crippen LogP contribution in [0.15, 0.2) is 0 Å². The van der Waals surface area contributed by atoms with Gasteiger partial charge in [0.05, 0.1) is 0 Å². The zero-order valence-electron chi connectivity index (χ0n) is 12.3. The van der Waals surface area contributed by atoms with Crippen LogP contribution in [0, 0.1) is 0 Å². The second-order valence-corrected chi connectivity index (χ2v) is 3.86. The van der Waals surface area contributed by atoms with Crippen molar-refractivity contribution >= 4 is 46.4 Å². The maximum atomic E-state index is 5.63. The molecule has 0 spiro atoms. The fourth-order valence-corrected chi connectivity index (χ4v) is 1.38. The second-order valence-electron chi connectivity index (χ2n) is 3.86. The van der Waals surface area contributed by atoms with Crippen LogP contribution < -0.4 is 16.4 Å². The van der Waals surface area contributed by atoms with Crippen LogP contribution in [-0.2, 0) is 0 Å². The predicted molar refractivity (Wildman–Crippen MR) is 98.2 cm³/mol. The van der Waals surface area contributed by atoms with Gasteiger partial charge in [-0.1, -0.05) is 33.1 Å². The first-order valence-electron chi connectivity index (χ1n) is 6.27. The van der Waals surface area contributed by atoms with Crippen molar-refractivity contribution in [3.63, 3.8) is 0 Å². The summed E-state index contributed by atoms with van der Waals surface area (Å²) in [7, 11) is 3.75. The number of hydrogen-bond acceptors (Lipinski definition) is 3. The number of hydrogen-bond donors (Lipinski definition) is 3. The Hall–Kier alpha value is 1.13. The molecule has 1 saturated carbocycles. The lowest BCUT2D eigenvalue weighted by Gasteiger charge is -2.15. The zero-order valence-corrected chi connectivity index (χ0v) is 16.6. The van der Waals surface area contributed by atoms with Crippen LogP contribution in [0.5, 0.6) is 0 Å². The third-order valence-corrected chi connectivity index (χ3v) is 2.15. The predicted octanol–water partition coefficient (Wildman–Crippen LogP) is 3.31. The van der Waals surface area contributed by atoms with Gasteiger partial charge in [-0.15, -0.1) is 46.4 Å². The van der Waals surface area contributed by atoms with E-state index < -0.39 is 0 Å². The summed E-state index contributed by atoms with van der Waals surface area (Å²) in [4.78, 5) is 0. The Morgan fingerprint density at radius 3 is 1.39 bits per heavy atom. The van der Waals surface area contributed by atoms with Crippen molar-refractivity contribution in [2.24, 2.45) is 5.73 Å². The molecule has 18 heavy (non-hydrogen) atoms. The highest BCUT2D eigenvalue weighted by molar-refractivity contribution is 8.93. The van der Waals surface area contributed by atoms with Gasteiger partial charge in [-0.2, -0.15) is 0 Å². The van der Waals surface area contributed by atoms with Crippen LogP contribution in [0.1, 0.15) is 46.0 Å². The van der Waals surface area contributed by atoms with E-state index >= 15 is 0 Å². The highest BCUT2D eigenvalue weighted by Gasteiger charge is 2.06. The van der Waals surface area contributed by atoms with Gasteiger partial charge < -0.3 is 16.4 Å². The lowest BCUT2D eigenvalue weighted by Crippen LogP contribution is -2.22. The summed E-state index contributed by atoms with van der Waals surface area (Å²) in [5.74, 6) is 0. The largest absolute Gasteiger partial charge is 0.328 e. The van der Waals surface area contributed by atoms with Gasteiger partial charge in [0.1, 0.15) is 0 Å². The molecule has 0 bridgehead atoms. The van der Waals surface area contributed by atoms with Gasteiger partial charge in [-0.3, -0.25) is 0 Å². The maximum Gasteiger partial charge on any atom is 0.00388 e. The molecule has 0 amide bonds. The van der Waals surface area contributed by atoms with E-state index in [9.17, 15) is 0 Å². The van der Waals surface area contributed by atoms with Gasteiger partial charge in [0.2, 0.25) is 0 Å². The highest BCUT2D eigenvalue weighted by Crippen LogP contribution is 2.14. The highest BCUT2D eigenvalue weighted by atomic mass is 79.9. The van der Waals surface area contributed by atoms with Gasteiger partial charge in [-0.25, -0.2) is 0 Å². The average Bonchev–Trinajstić information content (AvgIpc) is 2.22. The first-order valence-corrected chi connectivity index (χ1v) is 6.27. The Morgan fingerprint density at radius 1 is 0.944 bits per heavy atom. The summed E-state index contributed by atoms with van der Waals surface area (Å²) in [6, 6.07) is 0.536. The lowest BCUT2D eigenvalue weighted by atomic mass is 9.97. The van der Waals surface area contributed by atoms with Gasteiger partial charge in [-0.05, 0) is 40.0 Å². The molecule has 0 aromatic rings. The molecular weight excluding hydrogens is 381 g/mol. The quantitative estimate of drug-likeness (QED) is 0.649. The van der Waals surface area contributed by atoms with Crippen molar-refractivity contribution in [2.45, 2.75) is 52.0 Å². The third-order valence-electron chi connectivity index (χ3n) is 2.15. The fourth-order valence-electron chi connectivity index (χ4n) is 1.38. The molecule has 1 aliphatic carbocycles. The first-order chi connectivity index (χ1) is 7.22. The Morgan fingerprint density at radius 2 is 1.28 bits per heavy atom. The van der Waals surface area contributed by atoms with Crippen LogP contribution in [0.3, 0.4) is 0 Å². The molecule has 0 radical (unpaired) electrons. The Balaban J connectivity index is -0.0000000467. The van der Waals surface area contributed by atoms with Crippen LogP contribution in [-0.4, -0.2) is 33.2 Å². The molecule has 0 aliphatic heterocycles. The van der Waals surface area contributed by atoms with E-state index in [4.69, 9.17) is 5.73 Å².